The van der Waals surface area contributed by atoms with Gasteiger partial charge in [0.2, 0.25) is 11.9 Å². The van der Waals surface area contributed by atoms with Gasteiger partial charge in [-0.1, -0.05) is 51.3 Å². The second-order valence-corrected chi connectivity index (χ2v) is 13.8. The number of hydrogen-bond acceptors (Lipinski definition) is 6. The lowest BCUT2D eigenvalue weighted by molar-refractivity contribution is -0.135. The molecule has 5 rings (SSSR count). The highest BCUT2D eigenvalue weighted by Crippen LogP contribution is 2.44. The lowest BCUT2D eigenvalue weighted by atomic mass is 9.92. The highest BCUT2D eigenvalue weighted by atomic mass is 79.9. The maximum absolute atomic E-state index is 14.1. The molecule has 212 valence electrons. The van der Waals surface area contributed by atoms with Gasteiger partial charge in [-0.25, -0.2) is 18.3 Å². The number of fused-ring (bicyclic) bond motifs is 1. The molecular formula is C27H27BrCl2N4O5S. The van der Waals surface area contributed by atoms with Crippen LogP contribution in [0.15, 0.2) is 58.2 Å². The Hall–Kier alpha value is -2.44. The Morgan fingerprint density at radius 1 is 1.10 bits per heavy atom. The van der Waals surface area contributed by atoms with E-state index in [4.69, 9.17) is 27.9 Å². The molecule has 40 heavy (non-hydrogen) atoms. The summed E-state index contributed by atoms with van der Waals surface area (Å²) < 4.78 is 35.0. The van der Waals surface area contributed by atoms with Crippen molar-refractivity contribution in [3.8, 4) is 0 Å². The molecule has 2 aliphatic heterocycles. The Bertz CT molecular complexity index is 1540. The first-order chi connectivity index (χ1) is 19.0. The molecule has 1 fully saturated rings. The number of sulfone groups is 1. The Labute approximate surface area is 251 Å². The van der Waals surface area contributed by atoms with Crippen LogP contribution in [0.2, 0.25) is 10.0 Å². The summed E-state index contributed by atoms with van der Waals surface area (Å²) in [6.45, 7) is 3.66. The zero-order valence-corrected chi connectivity index (χ0v) is 25.6. The van der Waals surface area contributed by atoms with E-state index in [1.165, 1.54) is 15.7 Å². The Morgan fingerprint density at radius 3 is 2.40 bits per heavy atom. The number of carbonyl (C=O) groups is 2. The largest absolute Gasteiger partial charge is 0.378 e. The number of rotatable bonds is 8. The van der Waals surface area contributed by atoms with E-state index in [2.05, 4.69) is 20.9 Å². The van der Waals surface area contributed by atoms with E-state index in [0.29, 0.717) is 42.0 Å². The predicted octanol–water partition coefficient (Wildman–Crippen LogP) is 5.00. The molecule has 3 aromatic rings. The van der Waals surface area contributed by atoms with Crippen molar-refractivity contribution in [2.24, 2.45) is 0 Å². The van der Waals surface area contributed by atoms with Crippen molar-refractivity contribution >= 4 is 72.4 Å². The van der Waals surface area contributed by atoms with Gasteiger partial charge < -0.3 is 9.64 Å². The van der Waals surface area contributed by atoms with E-state index in [0.717, 1.165) is 10.0 Å². The van der Waals surface area contributed by atoms with Crippen molar-refractivity contribution in [3.63, 3.8) is 0 Å². The van der Waals surface area contributed by atoms with E-state index in [1.54, 1.807) is 30.0 Å². The molecule has 0 unspecified atom stereocenters. The number of ether oxygens (including phenoxy) is 1. The van der Waals surface area contributed by atoms with Gasteiger partial charge in [0.25, 0.3) is 5.91 Å². The minimum absolute atomic E-state index is 0.0788. The zero-order valence-electron chi connectivity index (χ0n) is 21.6. The van der Waals surface area contributed by atoms with Gasteiger partial charge in [-0.15, -0.1) is 0 Å². The maximum Gasteiger partial charge on any atom is 0.260 e. The van der Waals surface area contributed by atoms with Crippen molar-refractivity contribution in [3.05, 3.63) is 68.7 Å². The summed E-state index contributed by atoms with van der Waals surface area (Å²) in [5.41, 5.74) is -0.0985. The van der Waals surface area contributed by atoms with E-state index >= 15 is 0 Å². The van der Waals surface area contributed by atoms with Gasteiger partial charge in [-0.3, -0.25) is 14.2 Å². The summed E-state index contributed by atoms with van der Waals surface area (Å²) >= 11 is 15.9. The van der Waals surface area contributed by atoms with Crippen LogP contribution in [0.3, 0.4) is 0 Å². The van der Waals surface area contributed by atoms with Crippen molar-refractivity contribution in [1.82, 2.24) is 14.5 Å². The second kappa shape index (κ2) is 11.4. The third-order valence-electron chi connectivity index (χ3n) is 7.12. The third kappa shape index (κ3) is 5.67. The molecule has 13 heteroatoms. The predicted molar refractivity (Wildman–Crippen MR) is 156 cm³/mol. The first kappa shape index (κ1) is 29.1. The molecule has 0 N–H and O–H groups in total. The fraction of sp³-hybridized carbons (Fsp3) is 0.370. The number of hydrogen-bond donors (Lipinski definition) is 0. The normalized spacial score (nSPS) is 19.2. The van der Waals surface area contributed by atoms with Crippen LogP contribution < -0.4 is 4.90 Å². The van der Waals surface area contributed by atoms with Crippen LogP contribution in [-0.4, -0.2) is 66.7 Å². The molecule has 9 nitrogen and oxygen atoms in total. The standard InChI is InChI=1S/C27H27BrCl2N4O5S/c1-27(16-18-4-6-19(28)7-5-18)25(36)33(22-14-20(29)13-21(30)15-22)26-31-17-24(34(26)27)40(37,38)12-2-3-23(35)32-8-10-39-11-9-32/h4-7,13-15,17H,2-3,8-12,16H2,1H3/t27-/m1/s1. The molecular weight excluding hydrogens is 643 g/mol. The fourth-order valence-electron chi connectivity index (χ4n) is 5.14. The van der Waals surface area contributed by atoms with Crippen molar-refractivity contribution in [2.45, 2.75) is 36.8 Å². The molecule has 0 bridgehead atoms. The summed E-state index contributed by atoms with van der Waals surface area (Å²) in [6, 6.07) is 12.2. The minimum atomic E-state index is -3.92. The van der Waals surface area contributed by atoms with E-state index in [9.17, 15) is 18.0 Å². The van der Waals surface area contributed by atoms with Crippen LogP contribution in [0.5, 0.6) is 0 Å². The van der Waals surface area contributed by atoms with Gasteiger partial charge in [-0.05, 0) is 49.2 Å². The fourth-order valence-corrected chi connectivity index (χ4v) is 7.43. The topological polar surface area (TPSA) is 102 Å². The first-order valence-corrected chi connectivity index (χ1v) is 15.9. The molecule has 1 aromatic heterocycles. The van der Waals surface area contributed by atoms with Gasteiger partial charge in [0.05, 0.1) is 30.9 Å². The summed E-state index contributed by atoms with van der Waals surface area (Å²) in [5.74, 6) is -0.572. The van der Waals surface area contributed by atoms with Crippen molar-refractivity contribution in [1.29, 1.82) is 0 Å². The second-order valence-electron chi connectivity index (χ2n) is 9.99. The molecule has 0 aliphatic carbocycles. The van der Waals surface area contributed by atoms with Crippen LogP contribution in [-0.2, 0) is 36.1 Å². The average molecular weight is 670 g/mol. The highest BCUT2D eigenvalue weighted by Gasteiger charge is 2.51. The quantitative estimate of drug-likeness (QED) is 0.335. The molecule has 2 aliphatic rings. The molecule has 2 aromatic carbocycles. The van der Waals surface area contributed by atoms with E-state index in [-0.39, 0.29) is 47.8 Å². The molecule has 0 radical (unpaired) electrons. The van der Waals surface area contributed by atoms with Crippen LogP contribution in [0.4, 0.5) is 11.6 Å². The summed E-state index contributed by atoms with van der Waals surface area (Å²) in [6.07, 6.45) is 1.73. The van der Waals surface area contributed by atoms with Crippen LogP contribution in [0.1, 0.15) is 25.3 Å². The zero-order chi connectivity index (χ0) is 28.7. The number of nitrogens with zero attached hydrogens (tertiary/aromatic N) is 4. The summed E-state index contributed by atoms with van der Waals surface area (Å²) in [5, 5.41) is 0.574. The Kier molecular flexibility index (Phi) is 8.32. The SMILES string of the molecule is C[C@@]1(Cc2ccc(Br)cc2)C(=O)N(c2cc(Cl)cc(Cl)c2)c2ncc(S(=O)(=O)CCCC(=O)N3CCOCC3)n21. The van der Waals surface area contributed by atoms with Gasteiger partial charge in [-0.2, -0.15) is 0 Å². The van der Waals surface area contributed by atoms with Crippen LogP contribution in [0, 0.1) is 0 Å². The van der Waals surface area contributed by atoms with Crippen molar-refractivity contribution < 1.29 is 22.7 Å². The highest BCUT2D eigenvalue weighted by molar-refractivity contribution is 9.10. The van der Waals surface area contributed by atoms with Gasteiger partial charge in [0, 0.05) is 40.4 Å². The molecule has 1 atom stereocenters. The van der Waals surface area contributed by atoms with Crippen LogP contribution in [0.25, 0.3) is 0 Å². The Balaban J connectivity index is 1.49. The minimum Gasteiger partial charge on any atom is -0.378 e. The number of amides is 2. The summed E-state index contributed by atoms with van der Waals surface area (Å²) in [4.78, 5) is 34.1. The number of carbonyl (C=O) groups excluding carboxylic acids is 2. The number of benzene rings is 2. The Morgan fingerprint density at radius 2 is 1.75 bits per heavy atom. The lowest BCUT2D eigenvalue weighted by Gasteiger charge is -2.27. The van der Waals surface area contributed by atoms with Crippen molar-refractivity contribution in [2.75, 3.05) is 37.0 Å². The molecule has 1 saturated heterocycles. The molecule has 0 spiro atoms. The smallest absolute Gasteiger partial charge is 0.260 e. The lowest BCUT2D eigenvalue weighted by Crippen LogP contribution is -2.42. The third-order valence-corrected chi connectivity index (χ3v) is 9.84. The number of morpholine rings is 1. The van der Waals surface area contributed by atoms with Gasteiger partial charge >= 0.3 is 0 Å². The van der Waals surface area contributed by atoms with Crippen LogP contribution >= 0.6 is 39.1 Å². The molecule has 0 saturated carbocycles. The van der Waals surface area contributed by atoms with E-state index < -0.39 is 15.4 Å². The van der Waals surface area contributed by atoms with Gasteiger partial charge in [0.1, 0.15) is 5.54 Å². The number of aromatic nitrogens is 2. The molecule has 3 heterocycles. The monoisotopic (exact) mass is 668 g/mol. The molecule has 2 amide bonds. The van der Waals surface area contributed by atoms with E-state index in [1.807, 2.05) is 24.3 Å². The van der Waals surface area contributed by atoms with Gasteiger partial charge in [0.15, 0.2) is 14.9 Å². The number of imidazole rings is 1. The average Bonchev–Trinajstić information content (AvgIpc) is 3.44. The summed E-state index contributed by atoms with van der Waals surface area (Å²) in [7, 11) is -3.92. The number of halogens is 3. The maximum atomic E-state index is 14.1. The number of anilines is 2. The first-order valence-electron chi connectivity index (χ1n) is 12.7.